The van der Waals surface area contributed by atoms with Gasteiger partial charge in [-0.15, -0.1) is 0 Å². The van der Waals surface area contributed by atoms with Gasteiger partial charge in [0.1, 0.15) is 0 Å². The van der Waals surface area contributed by atoms with Gasteiger partial charge in [0.15, 0.2) is 0 Å². The van der Waals surface area contributed by atoms with Crippen molar-refractivity contribution in [1.29, 1.82) is 0 Å². The number of aliphatic hydroxyl groups is 1. The molecule has 0 radical (unpaired) electrons. The maximum atomic E-state index is 11.9. The number of piperidine rings is 1. The summed E-state index contributed by atoms with van der Waals surface area (Å²) < 4.78 is 0. The third-order valence-electron chi connectivity index (χ3n) is 3.58. The number of β-amino-alcohol motifs (C(OH)–C–C–N with tert-alkyl or cyclic N) is 1. The maximum Gasteiger partial charge on any atom is 0.242 e. The van der Waals surface area contributed by atoms with E-state index in [0.717, 1.165) is 24.9 Å². The molecule has 1 aliphatic rings. The van der Waals surface area contributed by atoms with E-state index >= 15 is 0 Å². The van der Waals surface area contributed by atoms with E-state index < -0.39 is 0 Å². The van der Waals surface area contributed by atoms with Crippen LogP contribution in [-0.2, 0) is 4.79 Å². The van der Waals surface area contributed by atoms with Crippen LogP contribution in [0.5, 0.6) is 0 Å². The standard InChI is InChI=1S/C14H21N3O2/c15-16-14(19)13(11-5-2-1-3-6-11)10-17-8-4-7-12(18)9-17/h1-3,5-6,12-13,18H,4,7-10,15H2,(H,16,19). The first kappa shape index (κ1) is 14.0. The van der Waals surface area contributed by atoms with Gasteiger partial charge in [0.25, 0.3) is 0 Å². The van der Waals surface area contributed by atoms with E-state index in [9.17, 15) is 9.90 Å². The molecule has 1 aliphatic heterocycles. The highest BCUT2D eigenvalue weighted by molar-refractivity contribution is 5.83. The lowest BCUT2D eigenvalue weighted by Crippen LogP contribution is -2.44. The fourth-order valence-electron chi connectivity index (χ4n) is 2.58. The quantitative estimate of drug-likeness (QED) is 0.412. The summed E-state index contributed by atoms with van der Waals surface area (Å²) in [6.07, 6.45) is 1.52. The molecule has 0 saturated carbocycles. The van der Waals surface area contributed by atoms with Gasteiger partial charge in [-0.2, -0.15) is 0 Å². The number of nitrogens with zero attached hydrogens (tertiary/aromatic N) is 1. The highest BCUT2D eigenvalue weighted by Crippen LogP contribution is 2.20. The molecule has 1 fully saturated rings. The van der Waals surface area contributed by atoms with Gasteiger partial charge in [-0.1, -0.05) is 30.3 Å². The zero-order valence-electron chi connectivity index (χ0n) is 11.0. The summed E-state index contributed by atoms with van der Waals surface area (Å²) >= 11 is 0. The van der Waals surface area contributed by atoms with Crippen molar-refractivity contribution in [3.63, 3.8) is 0 Å². The van der Waals surface area contributed by atoms with Crippen molar-refractivity contribution in [3.8, 4) is 0 Å². The molecule has 104 valence electrons. The van der Waals surface area contributed by atoms with Gasteiger partial charge < -0.3 is 5.11 Å². The Morgan fingerprint density at radius 3 is 2.84 bits per heavy atom. The lowest BCUT2D eigenvalue weighted by atomic mass is 9.96. The smallest absolute Gasteiger partial charge is 0.242 e. The number of nitrogens with two attached hydrogens (primary N) is 1. The van der Waals surface area contributed by atoms with Crippen molar-refractivity contribution in [1.82, 2.24) is 10.3 Å². The molecule has 2 atom stereocenters. The summed E-state index contributed by atoms with van der Waals surface area (Å²) in [7, 11) is 0. The average Bonchev–Trinajstić information content (AvgIpc) is 2.45. The number of nitrogens with one attached hydrogen (secondary N) is 1. The molecule has 5 heteroatoms. The van der Waals surface area contributed by atoms with Crippen LogP contribution in [0.4, 0.5) is 0 Å². The number of hydrogen-bond donors (Lipinski definition) is 3. The Bertz CT molecular complexity index is 410. The van der Waals surface area contributed by atoms with Crippen molar-refractivity contribution in [3.05, 3.63) is 35.9 Å². The van der Waals surface area contributed by atoms with Gasteiger partial charge in [0.2, 0.25) is 5.91 Å². The fraction of sp³-hybridized carbons (Fsp3) is 0.500. The highest BCUT2D eigenvalue weighted by atomic mass is 16.3. The zero-order valence-corrected chi connectivity index (χ0v) is 11.0. The molecule has 0 aromatic heterocycles. The predicted molar refractivity (Wildman–Crippen MR) is 73.2 cm³/mol. The summed E-state index contributed by atoms with van der Waals surface area (Å²) in [4.78, 5) is 14.1. The van der Waals surface area contributed by atoms with Crippen molar-refractivity contribution >= 4 is 5.91 Å². The van der Waals surface area contributed by atoms with Crippen LogP contribution in [0.1, 0.15) is 24.3 Å². The van der Waals surface area contributed by atoms with E-state index in [1.165, 1.54) is 0 Å². The Kier molecular flexibility index (Phi) is 4.90. The van der Waals surface area contributed by atoms with E-state index in [1.807, 2.05) is 30.3 Å². The Labute approximate surface area is 113 Å². The molecule has 1 aromatic rings. The predicted octanol–water partition coefficient (Wildman–Crippen LogP) is 0.217. The molecule has 0 aliphatic carbocycles. The highest BCUT2D eigenvalue weighted by Gasteiger charge is 2.25. The van der Waals surface area contributed by atoms with E-state index in [2.05, 4.69) is 10.3 Å². The van der Waals surface area contributed by atoms with Crippen LogP contribution in [0, 0.1) is 0 Å². The largest absolute Gasteiger partial charge is 0.392 e. The zero-order chi connectivity index (χ0) is 13.7. The van der Waals surface area contributed by atoms with E-state index in [4.69, 9.17) is 5.84 Å². The van der Waals surface area contributed by atoms with Crippen molar-refractivity contribution < 1.29 is 9.90 Å². The SMILES string of the molecule is NNC(=O)C(CN1CCCC(O)C1)c1ccccc1. The number of hydrazine groups is 1. The lowest BCUT2D eigenvalue weighted by Gasteiger charge is -2.32. The number of likely N-dealkylation sites (tertiary alicyclic amines) is 1. The second kappa shape index (κ2) is 6.65. The van der Waals surface area contributed by atoms with Gasteiger partial charge in [-0.05, 0) is 24.9 Å². The van der Waals surface area contributed by atoms with Crippen LogP contribution in [0.3, 0.4) is 0 Å². The molecular weight excluding hydrogens is 242 g/mol. The number of aliphatic hydroxyl groups excluding tert-OH is 1. The van der Waals surface area contributed by atoms with E-state index in [1.54, 1.807) is 0 Å². The Balaban J connectivity index is 2.08. The number of carbonyl (C=O) groups is 1. The maximum absolute atomic E-state index is 11.9. The first-order valence-electron chi connectivity index (χ1n) is 6.66. The van der Waals surface area contributed by atoms with Crippen LogP contribution < -0.4 is 11.3 Å². The number of benzene rings is 1. The third-order valence-corrected chi connectivity index (χ3v) is 3.58. The Morgan fingerprint density at radius 2 is 2.21 bits per heavy atom. The molecule has 2 unspecified atom stereocenters. The minimum atomic E-state index is -0.295. The topological polar surface area (TPSA) is 78.6 Å². The molecule has 1 amide bonds. The Morgan fingerprint density at radius 1 is 1.47 bits per heavy atom. The Hall–Kier alpha value is -1.43. The molecule has 19 heavy (non-hydrogen) atoms. The monoisotopic (exact) mass is 263 g/mol. The van der Waals surface area contributed by atoms with Gasteiger partial charge >= 0.3 is 0 Å². The fourth-order valence-corrected chi connectivity index (χ4v) is 2.58. The second-order valence-electron chi connectivity index (χ2n) is 5.03. The summed E-state index contributed by atoms with van der Waals surface area (Å²) in [6, 6.07) is 9.61. The summed E-state index contributed by atoms with van der Waals surface area (Å²) in [6.45, 7) is 2.13. The molecule has 1 aromatic carbocycles. The van der Waals surface area contributed by atoms with Crippen LogP contribution in [0.2, 0.25) is 0 Å². The van der Waals surface area contributed by atoms with Gasteiger partial charge in [0.05, 0.1) is 12.0 Å². The second-order valence-corrected chi connectivity index (χ2v) is 5.03. The number of amides is 1. The number of rotatable bonds is 4. The van der Waals surface area contributed by atoms with Crippen LogP contribution in [0.15, 0.2) is 30.3 Å². The molecule has 1 saturated heterocycles. The van der Waals surface area contributed by atoms with Crippen LogP contribution in [-0.4, -0.2) is 41.7 Å². The molecule has 0 bridgehead atoms. The number of hydrogen-bond acceptors (Lipinski definition) is 4. The van der Waals surface area contributed by atoms with Crippen molar-refractivity contribution in [2.24, 2.45) is 5.84 Å². The molecule has 1 heterocycles. The minimum absolute atomic E-state index is 0.189. The molecule has 4 N–H and O–H groups in total. The number of carbonyl (C=O) groups excluding carboxylic acids is 1. The van der Waals surface area contributed by atoms with E-state index in [-0.39, 0.29) is 17.9 Å². The summed E-state index contributed by atoms with van der Waals surface area (Å²) in [5.74, 6) is 4.79. The van der Waals surface area contributed by atoms with Crippen LogP contribution in [0.25, 0.3) is 0 Å². The lowest BCUT2D eigenvalue weighted by molar-refractivity contribution is -0.123. The first-order valence-corrected chi connectivity index (χ1v) is 6.66. The van der Waals surface area contributed by atoms with Gasteiger partial charge in [-0.25, -0.2) is 5.84 Å². The normalized spacial score (nSPS) is 21.9. The molecular formula is C14H21N3O2. The third kappa shape index (κ3) is 3.76. The molecule has 5 nitrogen and oxygen atoms in total. The van der Waals surface area contributed by atoms with Crippen LogP contribution >= 0.6 is 0 Å². The first-order chi connectivity index (χ1) is 9.20. The van der Waals surface area contributed by atoms with Gasteiger partial charge in [-0.3, -0.25) is 15.1 Å². The minimum Gasteiger partial charge on any atom is -0.392 e. The molecule has 2 rings (SSSR count). The summed E-state index contributed by atoms with van der Waals surface area (Å²) in [5, 5.41) is 9.69. The van der Waals surface area contributed by atoms with E-state index in [0.29, 0.717) is 13.1 Å². The van der Waals surface area contributed by atoms with Crippen molar-refractivity contribution in [2.75, 3.05) is 19.6 Å². The van der Waals surface area contributed by atoms with Gasteiger partial charge in [0, 0.05) is 13.1 Å². The molecule has 0 spiro atoms. The van der Waals surface area contributed by atoms with Crippen molar-refractivity contribution in [2.45, 2.75) is 24.9 Å². The average molecular weight is 263 g/mol. The summed E-state index contributed by atoms with van der Waals surface area (Å²) in [5.41, 5.74) is 3.19.